The lowest BCUT2D eigenvalue weighted by Crippen LogP contribution is -2.59. The lowest BCUT2D eigenvalue weighted by atomic mass is 9.59. The minimum absolute atomic E-state index is 0.00656. The third kappa shape index (κ3) is 5.93. The normalized spacial score (nSPS) is 30.6. The second-order valence-corrected chi connectivity index (χ2v) is 12.0. The average molecular weight is 613 g/mol. The van der Waals surface area contributed by atoms with Crippen molar-refractivity contribution >= 4 is 29.7 Å². The number of esters is 4. The van der Waals surface area contributed by atoms with Crippen molar-refractivity contribution in [2.24, 2.45) is 23.2 Å². The molecule has 2 aliphatic carbocycles. The van der Waals surface area contributed by atoms with Gasteiger partial charge in [-0.3, -0.25) is 14.4 Å². The molecule has 5 bridgehead atoms. The third-order valence-electron chi connectivity index (χ3n) is 9.52. The Hall–Kier alpha value is -3.53. The number of allylic oxidation sites excluding steroid dienone is 5. The SMILES string of the molecule is C/C=C/CCCCC[C@H]1C=C2[C@@]3(CC(=O)OC)CC(C(=O)OC)=C(C(=O)OC)[C@H]4[C@@H]1C[C@H](C(=O)CC/C=C/C)O[C@@]24OC3=O. The summed E-state index contributed by atoms with van der Waals surface area (Å²) < 4.78 is 28.0. The van der Waals surface area contributed by atoms with Gasteiger partial charge in [0.1, 0.15) is 11.5 Å². The Labute approximate surface area is 258 Å². The maximum absolute atomic E-state index is 14.0. The van der Waals surface area contributed by atoms with E-state index >= 15 is 0 Å². The van der Waals surface area contributed by atoms with Gasteiger partial charge in [-0.15, -0.1) is 0 Å². The number of methoxy groups -OCH3 is 3. The number of Topliss-reactive ketones (excluding diaryl/α,β-unsaturated/α-hetero) is 1. The molecule has 10 nitrogen and oxygen atoms in total. The van der Waals surface area contributed by atoms with Crippen molar-refractivity contribution in [3.63, 3.8) is 0 Å². The van der Waals surface area contributed by atoms with Crippen molar-refractivity contribution in [1.29, 1.82) is 0 Å². The first-order chi connectivity index (χ1) is 21.1. The zero-order valence-corrected chi connectivity index (χ0v) is 26.3. The lowest BCUT2D eigenvalue weighted by molar-refractivity contribution is -0.268. The van der Waals surface area contributed by atoms with Crippen LogP contribution < -0.4 is 0 Å². The molecule has 0 saturated carbocycles. The molecule has 2 aliphatic heterocycles. The third-order valence-corrected chi connectivity index (χ3v) is 9.52. The summed E-state index contributed by atoms with van der Waals surface area (Å²) in [4.78, 5) is 67.4. The molecule has 2 fully saturated rings. The van der Waals surface area contributed by atoms with Crippen LogP contribution in [0.4, 0.5) is 0 Å². The number of hydrogen-bond donors (Lipinski definition) is 0. The Balaban J connectivity index is 1.92. The summed E-state index contributed by atoms with van der Waals surface area (Å²) in [6.07, 6.45) is 13.7. The molecule has 0 aromatic rings. The highest BCUT2D eigenvalue weighted by Crippen LogP contribution is 2.66. The van der Waals surface area contributed by atoms with E-state index in [9.17, 15) is 24.0 Å². The smallest absolute Gasteiger partial charge is 0.334 e. The molecule has 0 amide bonds. The van der Waals surface area contributed by atoms with E-state index in [-0.39, 0.29) is 42.1 Å². The van der Waals surface area contributed by atoms with Gasteiger partial charge in [0, 0.05) is 24.0 Å². The Kier molecular flexibility index (Phi) is 10.7. The molecule has 0 aromatic heterocycles. The van der Waals surface area contributed by atoms with Crippen LogP contribution in [0.25, 0.3) is 0 Å². The maximum Gasteiger partial charge on any atom is 0.334 e. The molecule has 0 unspecified atom stereocenters. The van der Waals surface area contributed by atoms with Crippen molar-refractivity contribution in [2.45, 2.75) is 89.9 Å². The quantitative estimate of drug-likeness (QED) is 0.116. The van der Waals surface area contributed by atoms with Crippen molar-refractivity contribution in [3.8, 4) is 0 Å². The molecule has 4 rings (SSSR count). The highest BCUT2D eigenvalue weighted by molar-refractivity contribution is 6.04. The number of ketones is 1. The summed E-state index contributed by atoms with van der Waals surface area (Å²) in [5, 5.41) is 0. The topological polar surface area (TPSA) is 132 Å². The Morgan fingerprint density at radius 2 is 1.66 bits per heavy atom. The van der Waals surface area contributed by atoms with Gasteiger partial charge in [-0.25, -0.2) is 9.59 Å². The molecule has 0 aromatic carbocycles. The molecular weight excluding hydrogens is 568 g/mol. The highest BCUT2D eigenvalue weighted by atomic mass is 16.7. The minimum atomic E-state index is -1.86. The zero-order chi connectivity index (χ0) is 32.1. The molecule has 10 heteroatoms. The van der Waals surface area contributed by atoms with Crippen molar-refractivity contribution in [1.82, 2.24) is 0 Å². The first-order valence-electron chi connectivity index (χ1n) is 15.5. The monoisotopic (exact) mass is 612 g/mol. The van der Waals surface area contributed by atoms with E-state index in [2.05, 4.69) is 6.08 Å². The molecule has 1 spiro atoms. The van der Waals surface area contributed by atoms with Gasteiger partial charge in [-0.05, 0) is 57.8 Å². The lowest BCUT2D eigenvalue weighted by Gasteiger charge is -2.52. The van der Waals surface area contributed by atoms with Gasteiger partial charge in [-0.2, -0.15) is 0 Å². The van der Waals surface area contributed by atoms with Gasteiger partial charge in [0.05, 0.1) is 39.2 Å². The van der Waals surface area contributed by atoms with E-state index in [0.29, 0.717) is 18.4 Å². The Bertz CT molecular complexity index is 1290. The summed E-state index contributed by atoms with van der Waals surface area (Å²) in [7, 11) is 3.62. The molecule has 240 valence electrons. The molecule has 2 saturated heterocycles. The first-order valence-corrected chi connectivity index (χ1v) is 15.5. The number of rotatable bonds is 14. The first kappa shape index (κ1) is 33.4. The van der Waals surface area contributed by atoms with Gasteiger partial charge >= 0.3 is 23.9 Å². The number of ether oxygens (including phenoxy) is 5. The van der Waals surface area contributed by atoms with Crippen LogP contribution in [0, 0.1) is 23.2 Å². The van der Waals surface area contributed by atoms with Gasteiger partial charge in [0.2, 0.25) is 5.79 Å². The van der Waals surface area contributed by atoms with E-state index in [0.717, 1.165) is 25.7 Å². The molecule has 0 radical (unpaired) electrons. The molecular formula is C34H44O10. The zero-order valence-electron chi connectivity index (χ0n) is 26.3. The van der Waals surface area contributed by atoms with Crippen molar-refractivity contribution < 1.29 is 47.7 Å². The number of hydrogen-bond acceptors (Lipinski definition) is 10. The molecule has 2 heterocycles. The number of unbranched alkanes of at least 4 members (excludes halogenated alkanes) is 3. The van der Waals surface area contributed by atoms with E-state index in [1.165, 1.54) is 21.3 Å². The largest absolute Gasteiger partial charge is 0.469 e. The van der Waals surface area contributed by atoms with Gasteiger partial charge in [-0.1, -0.05) is 43.2 Å². The van der Waals surface area contributed by atoms with Crippen LogP contribution in [-0.4, -0.2) is 62.9 Å². The fourth-order valence-corrected chi connectivity index (χ4v) is 7.49. The summed E-state index contributed by atoms with van der Waals surface area (Å²) in [5.74, 6) is -6.58. The van der Waals surface area contributed by atoms with Crippen LogP contribution in [0.1, 0.15) is 78.1 Å². The summed E-state index contributed by atoms with van der Waals surface area (Å²) >= 11 is 0. The predicted molar refractivity (Wildman–Crippen MR) is 159 cm³/mol. The Morgan fingerprint density at radius 3 is 2.32 bits per heavy atom. The van der Waals surface area contributed by atoms with Crippen LogP contribution in [0.2, 0.25) is 0 Å². The maximum atomic E-state index is 14.0. The Morgan fingerprint density at radius 1 is 0.955 bits per heavy atom. The molecule has 44 heavy (non-hydrogen) atoms. The van der Waals surface area contributed by atoms with Crippen molar-refractivity contribution in [3.05, 3.63) is 47.1 Å². The van der Waals surface area contributed by atoms with Crippen molar-refractivity contribution in [2.75, 3.05) is 21.3 Å². The van der Waals surface area contributed by atoms with E-state index < -0.39 is 59.4 Å². The molecule has 4 aliphatic rings. The summed E-state index contributed by atoms with van der Waals surface area (Å²) in [6.45, 7) is 3.87. The summed E-state index contributed by atoms with van der Waals surface area (Å²) in [5.41, 5.74) is -1.38. The van der Waals surface area contributed by atoms with E-state index in [1.807, 2.05) is 38.2 Å². The second kappa shape index (κ2) is 14.1. The van der Waals surface area contributed by atoms with Crippen LogP contribution >= 0.6 is 0 Å². The number of carbonyl (C=O) groups excluding carboxylic acids is 5. The van der Waals surface area contributed by atoms with Crippen LogP contribution in [-0.2, 0) is 47.7 Å². The predicted octanol–water partition coefficient (Wildman–Crippen LogP) is 4.86. The minimum Gasteiger partial charge on any atom is -0.469 e. The van der Waals surface area contributed by atoms with Gasteiger partial charge in [0.15, 0.2) is 5.78 Å². The molecule has 6 atom stereocenters. The van der Waals surface area contributed by atoms with Crippen LogP contribution in [0.3, 0.4) is 0 Å². The highest BCUT2D eigenvalue weighted by Gasteiger charge is 2.74. The van der Waals surface area contributed by atoms with Crippen LogP contribution in [0.5, 0.6) is 0 Å². The molecule has 0 N–H and O–H groups in total. The average Bonchev–Trinajstić information content (AvgIpc) is 3.19. The fraction of sp³-hybridized carbons (Fsp3) is 0.618. The standard InChI is InChI=1S/C34H44O10/c1-6-8-10-11-12-14-15-21-17-26-33(20-27(36)40-3)19-23(30(37)41-4)28(31(38)42-5)29-22(21)18-25(24(35)16-13-9-7-2)43-34(26,29)44-32(33)39/h6-9,17,21-22,25,29H,10-16,18-20H2,1-5H3/b8-6+,9-7+/t21-,22+,25+,29+,33-,34+/m0/s1. The van der Waals surface area contributed by atoms with E-state index in [1.54, 1.807) is 0 Å². The van der Waals surface area contributed by atoms with Gasteiger partial charge < -0.3 is 23.7 Å². The van der Waals surface area contributed by atoms with Gasteiger partial charge in [0.25, 0.3) is 0 Å². The van der Waals surface area contributed by atoms with E-state index in [4.69, 9.17) is 23.7 Å². The second-order valence-electron chi connectivity index (χ2n) is 12.0. The fourth-order valence-electron chi connectivity index (χ4n) is 7.49. The van der Waals surface area contributed by atoms with Crippen LogP contribution in [0.15, 0.2) is 47.1 Å². The summed E-state index contributed by atoms with van der Waals surface area (Å²) in [6, 6.07) is 0. The number of carbonyl (C=O) groups is 5.